The van der Waals surface area contributed by atoms with Gasteiger partial charge in [-0.05, 0) is 72.8 Å². The number of rotatable bonds is 6. The van der Waals surface area contributed by atoms with Gasteiger partial charge in [-0.25, -0.2) is 9.98 Å². The third kappa shape index (κ3) is 8.99. The summed E-state index contributed by atoms with van der Waals surface area (Å²) in [6.45, 7) is 0. The van der Waals surface area contributed by atoms with Gasteiger partial charge >= 0.3 is 12.4 Å². The maximum atomic E-state index is 13.1. The number of aromatic hydroxyl groups is 2. The molecule has 0 aliphatic rings. The molecule has 2 N–H and O–H groups in total. The molecule has 0 unspecified atom stereocenters. The number of nitrogens with zero attached hydrogens (tertiary/aromatic N) is 2. The maximum Gasteiger partial charge on any atom is 0.417 e. The lowest BCUT2D eigenvalue weighted by Gasteiger charge is -2.10. The molecular formula is C36H23ClF6N2O4. The minimum atomic E-state index is -4.48. The predicted molar refractivity (Wildman–Crippen MR) is 174 cm³/mol. The number of benzene rings is 4. The van der Waals surface area contributed by atoms with E-state index in [1.165, 1.54) is 79.2 Å². The van der Waals surface area contributed by atoms with Crippen LogP contribution in [0.2, 0.25) is 5.02 Å². The van der Waals surface area contributed by atoms with E-state index < -0.39 is 23.5 Å². The van der Waals surface area contributed by atoms with Crippen molar-refractivity contribution in [3.05, 3.63) is 143 Å². The lowest BCUT2D eigenvalue weighted by atomic mass is 10.1. The molecule has 0 atom stereocenters. The second-order valence-electron chi connectivity index (χ2n) is 10.2. The molecule has 2 aromatic heterocycles. The number of phenolic OH excluding ortho intramolecular Hbond substituents is 2. The smallest absolute Gasteiger partial charge is 0.417 e. The number of para-hydroxylation sites is 2. The molecule has 6 rings (SSSR count). The van der Waals surface area contributed by atoms with Crippen molar-refractivity contribution in [1.29, 1.82) is 0 Å². The fraction of sp³-hybridized carbons (Fsp3) is 0.0556. The van der Waals surface area contributed by atoms with E-state index >= 15 is 0 Å². The second kappa shape index (κ2) is 14.6. The van der Waals surface area contributed by atoms with Crippen molar-refractivity contribution in [2.45, 2.75) is 12.4 Å². The van der Waals surface area contributed by atoms with Crippen LogP contribution in [0.1, 0.15) is 22.6 Å². The van der Waals surface area contributed by atoms with Crippen LogP contribution in [0.3, 0.4) is 0 Å². The summed E-state index contributed by atoms with van der Waals surface area (Å²) in [6, 6.07) is 27.0. The predicted octanol–water partition coefficient (Wildman–Crippen LogP) is 11.5. The Morgan fingerprint density at radius 2 is 1.18 bits per heavy atom. The fourth-order valence-corrected chi connectivity index (χ4v) is 4.54. The lowest BCUT2D eigenvalue weighted by molar-refractivity contribution is -0.138. The second-order valence-corrected chi connectivity index (χ2v) is 10.6. The Balaban J connectivity index is 0.000000191. The summed E-state index contributed by atoms with van der Waals surface area (Å²) < 4.78 is 88.5. The van der Waals surface area contributed by atoms with Crippen molar-refractivity contribution in [1.82, 2.24) is 0 Å². The molecule has 250 valence electrons. The highest BCUT2D eigenvalue weighted by molar-refractivity contribution is 6.30. The van der Waals surface area contributed by atoms with Crippen LogP contribution in [0.25, 0.3) is 22.6 Å². The van der Waals surface area contributed by atoms with E-state index in [4.69, 9.17) is 20.4 Å². The van der Waals surface area contributed by atoms with Gasteiger partial charge in [0, 0.05) is 16.1 Å². The zero-order valence-electron chi connectivity index (χ0n) is 24.9. The summed E-state index contributed by atoms with van der Waals surface area (Å²) in [4.78, 5) is 8.13. The van der Waals surface area contributed by atoms with Gasteiger partial charge in [0.15, 0.2) is 0 Å². The maximum absolute atomic E-state index is 13.1. The summed E-state index contributed by atoms with van der Waals surface area (Å²) in [5.74, 6) is 0.940. The van der Waals surface area contributed by atoms with Crippen LogP contribution in [0.4, 0.5) is 37.7 Å². The third-order valence-electron chi connectivity index (χ3n) is 6.71. The molecule has 4 aromatic carbocycles. The largest absolute Gasteiger partial charge is 0.506 e. The van der Waals surface area contributed by atoms with Gasteiger partial charge in [-0.1, -0.05) is 54.1 Å². The minimum absolute atomic E-state index is 0.0263. The van der Waals surface area contributed by atoms with Gasteiger partial charge in [-0.3, -0.25) is 0 Å². The molecule has 0 saturated carbocycles. The Hall–Kier alpha value is -5.75. The Morgan fingerprint density at radius 1 is 0.571 bits per heavy atom. The van der Waals surface area contributed by atoms with Gasteiger partial charge in [-0.2, -0.15) is 26.3 Å². The van der Waals surface area contributed by atoms with Gasteiger partial charge in [0.05, 0.1) is 23.6 Å². The molecule has 0 aliphatic carbocycles. The van der Waals surface area contributed by atoms with Crippen LogP contribution in [-0.2, 0) is 12.4 Å². The molecule has 0 spiro atoms. The molecular weight excluding hydrogens is 674 g/mol. The van der Waals surface area contributed by atoms with Gasteiger partial charge in [0.25, 0.3) is 0 Å². The quantitative estimate of drug-likeness (QED) is 0.134. The summed E-state index contributed by atoms with van der Waals surface area (Å²) in [6.07, 6.45) is -6.20. The molecule has 13 heteroatoms. The summed E-state index contributed by atoms with van der Waals surface area (Å²) in [7, 11) is 0. The minimum Gasteiger partial charge on any atom is -0.506 e. The van der Waals surface area contributed by atoms with Crippen molar-refractivity contribution in [3.8, 4) is 34.1 Å². The van der Waals surface area contributed by atoms with Crippen LogP contribution in [0, 0.1) is 0 Å². The van der Waals surface area contributed by atoms with Crippen molar-refractivity contribution in [3.63, 3.8) is 0 Å². The van der Waals surface area contributed by atoms with Gasteiger partial charge < -0.3 is 19.0 Å². The highest BCUT2D eigenvalue weighted by Gasteiger charge is 2.34. The summed E-state index contributed by atoms with van der Waals surface area (Å²) in [5, 5.41) is 19.7. The van der Waals surface area contributed by atoms with Gasteiger partial charge in [0.1, 0.15) is 45.9 Å². The molecule has 0 aliphatic heterocycles. The lowest BCUT2D eigenvalue weighted by Crippen LogP contribution is -2.06. The first-order chi connectivity index (χ1) is 23.3. The van der Waals surface area contributed by atoms with Crippen molar-refractivity contribution < 1.29 is 45.4 Å². The van der Waals surface area contributed by atoms with Gasteiger partial charge in [-0.15, -0.1) is 0 Å². The monoisotopic (exact) mass is 696 g/mol. The van der Waals surface area contributed by atoms with Crippen LogP contribution < -0.4 is 0 Å². The number of phenols is 2. The summed E-state index contributed by atoms with van der Waals surface area (Å²) in [5.41, 5.74) is -0.649. The Labute approximate surface area is 279 Å². The van der Waals surface area contributed by atoms with E-state index in [0.717, 1.165) is 18.2 Å². The van der Waals surface area contributed by atoms with Crippen molar-refractivity contribution in [2.24, 2.45) is 9.98 Å². The summed E-state index contributed by atoms with van der Waals surface area (Å²) >= 11 is 5.83. The van der Waals surface area contributed by atoms with E-state index in [9.17, 15) is 36.6 Å². The molecule has 0 amide bonds. The topological polar surface area (TPSA) is 91.5 Å². The van der Waals surface area contributed by atoms with E-state index in [0.29, 0.717) is 27.8 Å². The highest BCUT2D eigenvalue weighted by Crippen LogP contribution is 2.38. The Morgan fingerprint density at radius 3 is 1.88 bits per heavy atom. The highest BCUT2D eigenvalue weighted by atomic mass is 35.5. The molecule has 0 saturated heterocycles. The number of alkyl halides is 6. The first-order valence-electron chi connectivity index (χ1n) is 14.2. The number of hydrogen-bond acceptors (Lipinski definition) is 6. The standard InChI is InChI=1S/C18H11ClF3NO2.C18H12F3NO2/c19-11-5-7-16(24)15(9-11)23-10-12-6-8-17(25-12)13-3-1-2-4-14(13)18(20,21)22;19-18(20,21)13-5-3-4-12(10-13)17-9-8-14(24-17)11-22-15-6-1-2-7-16(15)23/h1-10,24H;1-11,23H. The molecule has 6 nitrogen and oxygen atoms in total. The molecule has 0 radical (unpaired) electrons. The average Bonchev–Trinajstić information content (AvgIpc) is 3.75. The Kier molecular flexibility index (Phi) is 10.3. The van der Waals surface area contributed by atoms with E-state index in [-0.39, 0.29) is 34.3 Å². The number of hydrogen-bond donors (Lipinski definition) is 2. The van der Waals surface area contributed by atoms with Crippen LogP contribution in [0.15, 0.2) is 134 Å². The molecule has 49 heavy (non-hydrogen) atoms. The molecule has 2 heterocycles. The van der Waals surface area contributed by atoms with Crippen LogP contribution >= 0.6 is 11.6 Å². The number of halogens is 7. The van der Waals surface area contributed by atoms with E-state index in [2.05, 4.69) is 9.98 Å². The number of aliphatic imine (C=N–C) groups is 2. The molecule has 0 bridgehead atoms. The van der Waals surface area contributed by atoms with Crippen LogP contribution in [-0.4, -0.2) is 22.6 Å². The zero-order valence-corrected chi connectivity index (χ0v) is 25.6. The zero-order chi connectivity index (χ0) is 35.2. The first-order valence-corrected chi connectivity index (χ1v) is 14.5. The third-order valence-corrected chi connectivity index (χ3v) is 6.94. The van der Waals surface area contributed by atoms with Crippen LogP contribution in [0.5, 0.6) is 11.5 Å². The molecule has 6 aromatic rings. The number of furan rings is 2. The fourth-order valence-electron chi connectivity index (χ4n) is 4.38. The SMILES string of the molecule is Oc1ccc(Cl)cc1N=Cc1ccc(-c2ccccc2C(F)(F)F)o1.Oc1ccccc1N=Cc1ccc(-c2cccc(C(F)(F)F)c2)o1. The Bertz CT molecular complexity index is 2120. The molecule has 0 fully saturated rings. The van der Waals surface area contributed by atoms with Crippen molar-refractivity contribution in [2.75, 3.05) is 0 Å². The van der Waals surface area contributed by atoms with E-state index in [1.54, 1.807) is 30.3 Å². The van der Waals surface area contributed by atoms with E-state index in [1.807, 2.05) is 0 Å². The van der Waals surface area contributed by atoms with Crippen molar-refractivity contribution >= 4 is 35.4 Å². The first kappa shape index (κ1) is 34.6. The average molecular weight is 697 g/mol. The normalized spacial score (nSPS) is 12.0. The van der Waals surface area contributed by atoms with Gasteiger partial charge in [0.2, 0.25) is 0 Å².